The molecule has 65 heavy (non-hydrogen) atoms. The quantitative estimate of drug-likeness (QED) is 0.135. The monoisotopic (exact) mass is 848 g/mol. The molecule has 0 radical (unpaired) electrons. The van der Waals surface area contributed by atoms with Crippen LogP contribution in [0.2, 0.25) is 19.6 Å². The summed E-state index contributed by atoms with van der Waals surface area (Å²) < 4.78 is 0. The molecule has 0 spiro atoms. The molecular formula is C62H48N2Si. The Morgan fingerprint density at radius 1 is 0.323 bits per heavy atom. The molecule has 1 aliphatic carbocycles. The van der Waals surface area contributed by atoms with Crippen molar-refractivity contribution in [1.29, 1.82) is 0 Å². The molecule has 3 heteroatoms. The maximum Gasteiger partial charge on any atom is 0.0776 e. The minimum atomic E-state index is -1.63. The van der Waals surface area contributed by atoms with Crippen LogP contribution in [0.3, 0.4) is 0 Å². The summed E-state index contributed by atoms with van der Waals surface area (Å²) in [5.74, 6) is 0. The first-order valence-electron chi connectivity index (χ1n) is 22.5. The molecule has 0 fully saturated rings. The van der Waals surface area contributed by atoms with Crippen LogP contribution in [-0.2, 0) is 5.41 Å². The zero-order valence-electron chi connectivity index (χ0n) is 36.9. The van der Waals surface area contributed by atoms with Gasteiger partial charge in [-0.1, -0.05) is 207 Å². The van der Waals surface area contributed by atoms with Crippen molar-refractivity contribution in [2.75, 3.05) is 0 Å². The van der Waals surface area contributed by atoms with Crippen LogP contribution in [-0.4, -0.2) is 18.0 Å². The van der Waals surface area contributed by atoms with Crippen molar-refractivity contribution in [3.05, 3.63) is 259 Å². The summed E-state index contributed by atoms with van der Waals surface area (Å²) in [4.78, 5) is 9.87. The van der Waals surface area contributed by atoms with E-state index in [0.29, 0.717) is 0 Å². The molecule has 0 saturated heterocycles. The molecule has 8 aromatic carbocycles. The minimum absolute atomic E-state index is 0.466. The second kappa shape index (κ2) is 16.4. The van der Waals surface area contributed by atoms with E-state index in [2.05, 4.69) is 237 Å². The van der Waals surface area contributed by atoms with E-state index in [4.69, 9.17) is 4.98 Å². The second-order valence-corrected chi connectivity index (χ2v) is 23.3. The van der Waals surface area contributed by atoms with Crippen molar-refractivity contribution < 1.29 is 0 Å². The normalized spacial score (nSPS) is 12.7. The van der Waals surface area contributed by atoms with Gasteiger partial charge >= 0.3 is 0 Å². The molecule has 0 N–H and O–H groups in total. The topological polar surface area (TPSA) is 25.8 Å². The summed E-state index contributed by atoms with van der Waals surface area (Å²) in [6.45, 7) is 7.35. The maximum absolute atomic E-state index is 5.24. The third kappa shape index (κ3) is 7.34. The van der Waals surface area contributed by atoms with Gasteiger partial charge < -0.3 is 0 Å². The highest BCUT2D eigenvalue weighted by Crippen LogP contribution is 2.56. The van der Waals surface area contributed by atoms with Gasteiger partial charge in [-0.2, -0.15) is 0 Å². The number of benzene rings is 8. The predicted molar refractivity (Wildman–Crippen MR) is 275 cm³/mol. The van der Waals surface area contributed by atoms with Crippen LogP contribution in [0, 0.1) is 0 Å². The zero-order chi connectivity index (χ0) is 44.0. The molecule has 0 amide bonds. The van der Waals surface area contributed by atoms with Crippen LogP contribution in [0.4, 0.5) is 0 Å². The standard InChI is InChI=1S/C62H48N2Si/c1-65(2,3)54-32-34-56-55-33-31-48(39-57(55)62(58(56)42-54,52-26-9-5-10-27-52)53-28-11-6-12-29-53)46-22-15-20-44(36-46)45-21-16-23-47(37-45)51-40-60(43-18-7-4-8-19-43)64-61(41-51)50-25-17-24-49(38-50)59-30-13-14-35-63-59/h4-42H,1-3H3. The van der Waals surface area contributed by atoms with Gasteiger partial charge in [0.2, 0.25) is 0 Å². The number of rotatable bonds is 9. The molecule has 0 atom stereocenters. The predicted octanol–water partition coefficient (Wildman–Crippen LogP) is 15.4. The van der Waals surface area contributed by atoms with E-state index in [9.17, 15) is 0 Å². The number of fused-ring (bicyclic) bond motifs is 3. The average Bonchev–Trinajstić information content (AvgIpc) is 3.67. The molecule has 0 saturated carbocycles. The zero-order valence-corrected chi connectivity index (χ0v) is 37.9. The Bertz CT molecular complexity index is 3300. The first-order valence-corrected chi connectivity index (χ1v) is 26.0. The van der Waals surface area contributed by atoms with E-state index in [-0.39, 0.29) is 0 Å². The van der Waals surface area contributed by atoms with Crippen molar-refractivity contribution >= 4 is 13.3 Å². The van der Waals surface area contributed by atoms with Crippen LogP contribution in [0.15, 0.2) is 237 Å². The van der Waals surface area contributed by atoms with Gasteiger partial charge in [0.1, 0.15) is 0 Å². The molecule has 0 bridgehead atoms. The lowest BCUT2D eigenvalue weighted by Crippen LogP contribution is -2.39. The van der Waals surface area contributed by atoms with E-state index in [1.165, 1.54) is 55.3 Å². The summed E-state index contributed by atoms with van der Waals surface area (Å²) in [7, 11) is -1.63. The van der Waals surface area contributed by atoms with Gasteiger partial charge in [0.05, 0.1) is 30.6 Å². The number of hydrogen-bond acceptors (Lipinski definition) is 2. The van der Waals surface area contributed by atoms with Crippen molar-refractivity contribution in [2.24, 2.45) is 0 Å². The van der Waals surface area contributed by atoms with Crippen LogP contribution >= 0.6 is 0 Å². The van der Waals surface area contributed by atoms with Crippen molar-refractivity contribution in [3.63, 3.8) is 0 Å². The third-order valence-corrected chi connectivity index (χ3v) is 15.2. The highest BCUT2D eigenvalue weighted by molar-refractivity contribution is 6.88. The molecular weight excluding hydrogens is 801 g/mol. The fourth-order valence-corrected chi connectivity index (χ4v) is 11.0. The fraction of sp³-hybridized carbons (Fsp3) is 0.0645. The van der Waals surface area contributed by atoms with Crippen LogP contribution in [0.5, 0.6) is 0 Å². The van der Waals surface area contributed by atoms with Gasteiger partial charge in [0.15, 0.2) is 0 Å². The maximum atomic E-state index is 5.24. The van der Waals surface area contributed by atoms with Crippen LogP contribution in [0.25, 0.3) is 78.3 Å². The van der Waals surface area contributed by atoms with Crippen LogP contribution < -0.4 is 5.19 Å². The van der Waals surface area contributed by atoms with E-state index >= 15 is 0 Å². The highest BCUT2D eigenvalue weighted by atomic mass is 28.3. The molecule has 2 aromatic heterocycles. The Hall–Kier alpha value is -7.72. The number of nitrogens with zero attached hydrogens (tertiary/aromatic N) is 2. The minimum Gasteiger partial charge on any atom is -0.256 e. The van der Waals surface area contributed by atoms with Crippen molar-refractivity contribution in [3.8, 4) is 78.3 Å². The van der Waals surface area contributed by atoms with Gasteiger partial charge in [-0.05, 0) is 115 Å². The lowest BCUT2D eigenvalue weighted by Gasteiger charge is -2.35. The third-order valence-electron chi connectivity index (χ3n) is 13.2. The Balaban J connectivity index is 1.01. The van der Waals surface area contributed by atoms with Gasteiger partial charge in [-0.15, -0.1) is 0 Å². The summed E-state index contributed by atoms with van der Waals surface area (Å²) in [5.41, 5.74) is 20.4. The summed E-state index contributed by atoms with van der Waals surface area (Å²) in [6, 6.07) is 84.3. The number of hydrogen-bond donors (Lipinski definition) is 0. The SMILES string of the molecule is C[Si](C)(C)c1ccc2c(c1)C(c1ccccc1)(c1ccccc1)c1cc(-c3cccc(-c4cccc(-c5cc(-c6ccccc6)nc(-c6cccc(-c7ccccn7)c6)c5)c4)c3)ccc1-2. The van der Waals surface area contributed by atoms with Crippen molar-refractivity contribution in [2.45, 2.75) is 25.1 Å². The number of pyridine rings is 2. The highest BCUT2D eigenvalue weighted by Gasteiger charge is 2.46. The Morgan fingerprint density at radius 2 is 0.769 bits per heavy atom. The molecule has 2 nitrogen and oxygen atoms in total. The van der Waals surface area contributed by atoms with Gasteiger partial charge in [0, 0.05) is 22.9 Å². The van der Waals surface area contributed by atoms with Gasteiger partial charge in [-0.25, -0.2) is 4.98 Å². The Kier molecular flexibility index (Phi) is 10.1. The second-order valence-electron chi connectivity index (χ2n) is 18.2. The van der Waals surface area contributed by atoms with E-state index < -0.39 is 13.5 Å². The fourth-order valence-electron chi connectivity index (χ4n) is 9.86. The smallest absolute Gasteiger partial charge is 0.0776 e. The van der Waals surface area contributed by atoms with E-state index in [1.54, 1.807) is 0 Å². The molecule has 2 heterocycles. The van der Waals surface area contributed by atoms with Crippen molar-refractivity contribution in [1.82, 2.24) is 9.97 Å². The Labute approximate surface area is 383 Å². The van der Waals surface area contributed by atoms with E-state index in [0.717, 1.165) is 50.5 Å². The summed E-state index contributed by atoms with van der Waals surface area (Å²) in [5, 5.41) is 1.48. The molecule has 1 aliphatic rings. The largest absolute Gasteiger partial charge is 0.256 e. The Morgan fingerprint density at radius 3 is 1.34 bits per heavy atom. The summed E-state index contributed by atoms with van der Waals surface area (Å²) >= 11 is 0. The molecule has 310 valence electrons. The first kappa shape index (κ1) is 40.1. The lowest BCUT2D eigenvalue weighted by atomic mass is 9.67. The first-order chi connectivity index (χ1) is 31.8. The number of aromatic nitrogens is 2. The average molecular weight is 849 g/mol. The molecule has 0 unspecified atom stereocenters. The molecule has 10 aromatic rings. The van der Waals surface area contributed by atoms with Gasteiger partial charge in [0.25, 0.3) is 0 Å². The lowest BCUT2D eigenvalue weighted by molar-refractivity contribution is 0.769. The molecule has 0 aliphatic heterocycles. The van der Waals surface area contributed by atoms with Gasteiger partial charge in [-0.3, -0.25) is 4.98 Å². The van der Waals surface area contributed by atoms with E-state index in [1.807, 2.05) is 24.4 Å². The molecule has 11 rings (SSSR count). The van der Waals surface area contributed by atoms with Crippen LogP contribution in [0.1, 0.15) is 22.3 Å². The summed E-state index contributed by atoms with van der Waals surface area (Å²) in [6.07, 6.45) is 1.84.